The molecule has 1 aromatic carbocycles. The van der Waals surface area contributed by atoms with Gasteiger partial charge < -0.3 is 16.0 Å². The molecule has 1 aromatic rings. The summed E-state index contributed by atoms with van der Waals surface area (Å²) in [5.74, 6) is 0.807. The smallest absolute Gasteiger partial charge is 0.222 e. The van der Waals surface area contributed by atoms with Crippen LogP contribution in [-0.2, 0) is 20.0 Å². The van der Waals surface area contributed by atoms with Gasteiger partial charge in [0.1, 0.15) is 0 Å². The van der Waals surface area contributed by atoms with E-state index < -0.39 is 9.84 Å². The highest BCUT2D eigenvalue weighted by Gasteiger charge is 2.35. The molecule has 1 saturated heterocycles. The normalized spacial score (nSPS) is 22.6. The van der Waals surface area contributed by atoms with Gasteiger partial charge >= 0.3 is 0 Å². The molecule has 3 rings (SSSR count). The fourth-order valence-corrected chi connectivity index (χ4v) is 6.13. The molecule has 1 heterocycles. The standard InChI is InChI=1S/C22H34N4O3S/c1-2-23-21(24-14-10-20(27)26-19-11-15-30(28,29)16-19)25-17-22(12-6-7-13-22)18-8-4-3-5-9-18/h3-5,8-9,19H,2,6-7,10-17H2,1H3,(H,26,27)(H2,23,24,25). The molecule has 1 saturated carbocycles. The molecule has 166 valence electrons. The topological polar surface area (TPSA) is 99.7 Å². The Labute approximate surface area is 180 Å². The molecule has 2 aliphatic rings. The Kier molecular flexibility index (Phi) is 7.75. The van der Waals surface area contributed by atoms with E-state index in [9.17, 15) is 13.2 Å². The van der Waals surface area contributed by atoms with Crippen molar-refractivity contribution in [2.45, 2.75) is 56.9 Å². The molecule has 1 aliphatic heterocycles. The van der Waals surface area contributed by atoms with Crippen molar-refractivity contribution in [2.24, 2.45) is 4.99 Å². The van der Waals surface area contributed by atoms with Crippen LogP contribution in [0.25, 0.3) is 0 Å². The number of carbonyl (C=O) groups is 1. The van der Waals surface area contributed by atoms with Crippen molar-refractivity contribution in [3.05, 3.63) is 35.9 Å². The van der Waals surface area contributed by atoms with Crippen LogP contribution in [0.3, 0.4) is 0 Å². The summed E-state index contributed by atoms with van der Waals surface area (Å²) < 4.78 is 23.0. The molecule has 3 N–H and O–H groups in total. The van der Waals surface area contributed by atoms with Crippen molar-refractivity contribution in [3.63, 3.8) is 0 Å². The van der Waals surface area contributed by atoms with E-state index >= 15 is 0 Å². The fourth-order valence-electron chi connectivity index (χ4n) is 4.46. The molecule has 1 amide bonds. The largest absolute Gasteiger partial charge is 0.357 e. The summed E-state index contributed by atoms with van der Waals surface area (Å²) in [6.07, 6.45) is 5.54. The average molecular weight is 435 g/mol. The van der Waals surface area contributed by atoms with Gasteiger partial charge in [0.15, 0.2) is 15.8 Å². The monoisotopic (exact) mass is 434 g/mol. The number of aliphatic imine (C=N–C) groups is 1. The fraction of sp³-hybridized carbons (Fsp3) is 0.636. The summed E-state index contributed by atoms with van der Waals surface area (Å²) in [6.45, 7) is 3.94. The van der Waals surface area contributed by atoms with Gasteiger partial charge in [0.2, 0.25) is 5.91 Å². The predicted molar refractivity (Wildman–Crippen MR) is 120 cm³/mol. The van der Waals surface area contributed by atoms with Crippen molar-refractivity contribution in [1.82, 2.24) is 16.0 Å². The lowest BCUT2D eigenvalue weighted by atomic mass is 9.79. The average Bonchev–Trinajstić information content (AvgIpc) is 3.34. The molecular formula is C22H34N4O3S. The van der Waals surface area contributed by atoms with Crippen LogP contribution >= 0.6 is 0 Å². The Morgan fingerprint density at radius 2 is 1.90 bits per heavy atom. The van der Waals surface area contributed by atoms with Gasteiger partial charge in [0.05, 0.1) is 18.1 Å². The van der Waals surface area contributed by atoms with E-state index in [0.29, 0.717) is 13.0 Å². The first-order valence-corrected chi connectivity index (χ1v) is 12.8. The van der Waals surface area contributed by atoms with Crippen LogP contribution in [0.4, 0.5) is 0 Å². The number of hydrogen-bond acceptors (Lipinski definition) is 4. The van der Waals surface area contributed by atoms with Crippen molar-refractivity contribution in [1.29, 1.82) is 0 Å². The molecule has 30 heavy (non-hydrogen) atoms. The summed E-state index contributed by atoms with van der Waals surface area (Å²) in [7, 11) is -2.99. The lowest BCUT2D eigenvalue weighted by molar-refractivity contribution is -0.121. The van der Waals surface area contributed by atoms with E-state index in [4.69, 9.17) is 4.99 Å². The minimum atomic E-state index is -2.99. The third-order valence-corrected chi connectivity index (χ3v) is 7.84. The van der Waals surface area contributed by atoms with Crippen LogP contribution in [-0.4, -0.2) is 57.5 Å². The number of sulfone groups is 1. The van der Waals surface area contributed by atoms with E-state index in [-0.39, 0.29) is 35.3 Å². The molecule has 0 radical (unpaired) electrons. The van der Waals surface area contributed by atoms with Gasteiger partial charge in [-0.15, -0.1) is 0 Å². The highest BCUT2D eigenvalue weighted by atomic mass is 32.2. The SMILES string of the molecule is CCNC(=NCC1(c2ccccc2)CCCC1)NCCC(=O)NC1CCS(=O)(=O)C1. The number of rotatable bonds is 8. The van der Waals surface area contributed by atoms with Crippen LogP contribution in [0.1, 0.15) is 51.0 Å². The minimum absolute atomic E-state index is 0.0534. The second-order valence-corrected chi connectivity index (χ2v) is 10.6. The first-order chi connectivity index (χ1) is 14.4. The molecule has 0 spiro atoms. The van der Waals surface area contributed by atoms with Gasteiger partial charge in [0, 0.05) is 31.0 Å². The number of nitrogens with one attached hydrogen (secondary N) is 3. The van der Waals surface area contributed by atoms with Crippen LogP contribution in [0.5, 0.6) is 0 Å². The van der Waals surface area contributed by atoms with Crippen LogP contribution in [0, 0.1) is 0 Å². The molecular weight excluding hydrogens is 400 g/mol. The third kappa shape index (κ3) is 6.20. The van der Waals surface area contributed by atoms with Crippen molar-refractivity contribution in [2.75, 3.05) is 31.1 Å². The molecule has 0 bridgehead atoms. The van der Waals surface area contributed by atoms with Crippen LogP contribution < -0.4 is 16.0 Å². The zero-order valence-corrected chi connectivity index (χ0v) is 18.6. The van der Waals surface area contributed by atoms with E-state index in [1.165, 1.54) is 18.4 Å². The maximum Gasteiger partial charge on any atom is 0.222 e. The van der Waals surface area contributed by atoms with E-state index in [0.717, 1.165) is 31.9 Å². The number of hydrogen-bond donors (Lipinski definition) is 3. The van der Waals surface area contributed by atoms with Crippen LogP contribution in [0.15, 0.2) is 35.3 Å². The van der Waals surface area contributed by atoms with Crippen LogP contribution in [0.2, 0.25) is 0 Å². The Morgan fingerprint density at radius 1 is 1.17 bits per heavy atom. The van der Waals surface area contributed by atoms with Gasteiger partial charge in [-0.3, -0.25) is 9.79 Å². The summed E-state index contributed by atoms with van der Waals surface area (Å²) in [6, 6.07) is 10.4. The van der Waals surface area contributed by atoms with E-state index in [2.05, 4.69) is 40.2 Å². The van der Waals surface area contributed by atoms with E-state index in [1.807, 2.05) is 13.0 Å². The van der Waals surface area contributed by atoms with Crippen molar-refractivity contribution < 1.29 is 13.2 Å². The number of nitrogens with zero attached hydrogens (tertiary/aromatic N) is 1. The molecule has 8 heteroatoms. The van der Waals surface area contributed by atoms with Gasteiger partial charge in [-0.2, -0.15) is 0 Å². The Balaban J connectivity index is 1.52. The summed E-state index contributed by atoms with van der Waals surface area (Å²) in [4.78, 5) is 17.0. The lowest BCUT2D eigenvalue weighted by Crippen LogP contribution is -2.42. The Bertz CT molecular complexity index is 833. The number of carbonyl (C=O) groups excluding carboxylic acids is 1. The zero-order chi connectivity index (χ0) is 21.5. The molecule has 1 aliphatic carbocycles. The van der Waals surface area contributed by atoms with Crippen molar-refractivity contribution >= 4 is 21.7 Å². The third-order valence-electron chi connectivity index (χ3n) is 6.07. The minimum Gasteiger partial charge on any atom is -0.357 e. The summed E-state index contributed by atoms with van der Waals surface area (Å²) in [5.41, 5.74) is 1.45. The molecule has 1 unspecified atom stereocenters. The maximum absolute atomic E-state index is 12.1. The highest BCUT2D eigenvalue weighted by molar-refractivity contribution is 7.91. The Morgan fingerprint density at radius 3 is 2.53 bits per heavy atom. The van der Waals surface area contributed by atoms with Gasteiger partial charge in [-0.1, -0.05) is 43.2 Å². The number of guanidine groups is 1. The molecule has 2 fully saturated rings. The second kappa shape index (κ2) is 10.3. The predicted octanol–water partition coefficient (Wildman–Crippen LogP) is 1.75. The van der Waals surface area contributed by atoms with Crippen molar-refractivity contribution in [3.8, 4) is 0 Å². The summed E-state index contributed by atoms with van der Waals surface area (Å²) >= 11 is 0. The van der Waals surface area contributed by atoms with Gasteiger partial charge in [0.25, 0.3) is 0 Å². The van der Waals surface area contributed by atoms with Gasteiger partial charge in [-0.25, -0.2) is 8.42 Å². The molecule has 1 atom stereocenters. The van der Waals surface area contributed by atoms with Gasteiger partial charge in [-0.05, 0) is 31.7 Å². The number of benzene rings is 1. The molecule has 0 aromatic heterocycles. The quantitative estimate of drug-likeness (QED) is 0.428. The zero-order valence-electron chi connectivity index (χ0n) is 17.8. The Hall–Kier alpha value is -2.09. The highest BCUT2D eigenvalue weighted by Crippen LogP contribution is 2.41. The number of amides is 1. The molecule has 7 nitrogen and oxygen atoms in total. The second-order valence-electron chi connectivity index (χ2n) is 8.39. The maximum atomic E-state index is 12.1. The summed E-state index contributed by atoms with van der Waals surface area (Å²) in [5, 5.41) is 9.33. The van der Waals surface area contributed by atoms with E-state index in [1.54, 1.807) is 0 Å². The first kappa shape index (κ1) is 22.6. The lowest BCUT2D eigenvalue weighted by Gasteiger charge is -2.28. The first-order valence-electron chi connectivity index (χ1n) is 11.0.